The molecule has 1 atom stereocenters. The van der Waals surface area contributed by atoms with Crippen LogP contribution in [0.1, 0.15) is 37.0 Å². The minimum Gasteiger partial charge on any atom is -0.350 e. The van der Waals surface area contributed by atoms with E-state index in [-0.39, 0.29) is 11.9 Å². The summed E-state index contributed by atoms with van der Waals surface area (Å²) in [6, 6.07) is 14.1. The molecule has 0 radical (unpaired) electrons. The molecular formula is C16H19NO. The maximum absolute atomic E-state index is 12.2. The highest BCUT2D eigenvalue weighted by atomic mass is 16.1. The number of hydrogen-bond acceptors (Lipinski definition) is 1. The van der Waals surface area contributed by atoms with Gasteiger partial charge in [-0.3, -0.25) is 4.79 Å². The summed E-state index contributed by atoms with van der Waals surface area (Å²) >= 11 is 0. The van der Waals surface area contributed by atoms with Crippen LogP contribution in [0.2, 0.25) is 0 Å². The van der Waals surface area contributed by atoms with Crippen LogP contribution in [0.3, 0.4) is 0 Å². The van der Waals surface area contributed by atoms with Crippen molar-refractivity contribution in [1.82, 2.24) is 5.32 Å². The molecule has 0 saturated carbocycles. The van der Waals surface area contributed by atoms with Crippen molar-refractivity contribution >= 4 is 16.7 Å². The molecule has 1 amide bonds. The molecule has 2 rings (SSSR count). The first-order chi connectivity index (χ1) is 8.72. The van der Waals surface area contributed by atoms with Gasteiger partial charge >= 0.3 is 0 Å². The Hall–Kier alpha value is -1.83. The quantitative estimate of drug-likeness (QED) is 0.867. The molecule has 0 bridgehead atoms. The molecule has 0 spiro atoms. The van der Waals surface area contributed by atoms with Crippen molar-refractivity contribution in [3.8, 4) is 0 Å². The fourth-order valence-corrected chi connectivity index (χ4v) is 2.23. The Bertz CT molecular complexity index is 542. The second kappa shape index (κ2) is 5.67. The Morgan fingerprint density at radius 2 is 1.89 bits per heavy atom. The van der Waals surface area contributed by atoms with Gasteiger partial charge in [0.25, 0.3) is 5.91 Å². The maximum atomic E-state index is 12.2. The standard InChI is InChI=1S/C16H19NO/c1-3-7-12(2)17-16(18)15-11-6-9-13-8-4-5-10-14(13)15/h4-6,8-12H,3,7H2,1-2H3,(H,17,18). The summed E-state index contributed by atoms with van der Waals surface area (Å²) in [5, 5.41) is 5.17. The van der Waals surface area contributed by atoms with Crippen molar-refractivity contribution in [2.45, 2.75) is 32.7 Å². The zero-order valence-electron chi connectivity index (χ0n) is 10.9. The van der Waals surface area contributed by atoms with E-state index in [9.17, 15) is 4.79 Å². The van der Waals surface area contributed by atoms with E-state index in [0.29, 0.717) is 0 Å². The Balaban J connectivity index is 2.28. The van der Waals surface area contributed by atoms with E-state index in [2.05, 4.69) is 12.2 Å². The Morgan fingerprint density at radius 1 is 1.17 bits per heavy atom. The van der Waals surface area contributed by atoms with E-state index < -0.39 is 0 Å². The van der Waals surface area contributed by atoms with Crippen molar-refractivity contribution < 1.29 is 4.79 Å². The lowest BCUT2D eigenvalue weighted by Gasteiger charge is -2.13. The van der Waals surface area contributed by atoms with Crippen LogP contribution in [-0.4, -0.2) is 11.9 Å². The minimum absolute atomic E-state index is 0.0211. The van der Waals surface area contributed by atoms with E-state index >= 15 is 0 Å². The van der Waals surface area contributed by atoms with Crippen molar-refractivity contribution in [3.05, 3.63) is 48.0 Å². The molecule has 94 valence electrons. The van der Waals surface area contributed by atoms with E-state index in [1.165, 1.54) is 0 Å². The smallest absolute Gasteiger partial charge is 0.252 e. The topological polar surface area (TPSA) is 29.1 Å². The number of benzene rings is 2. The van der Waals surface area contributed by atoms with Gasteiger partial charge < -0.3 is 5.32 Å². The fraction of sp³-hybridized carbons (Fsp3) is 0.312. The van der Waals surface area contributed by atoms with Gasteiger partial charge in [-0.15, -0.1) is 0 Å². The molecule has 0 aliphatic heterocycles. The molecule has 0 fully saturated rings. The Labute approximate surface area is 108 Å². The number of carbonyl (C=O) groups is 1. The monoisotopic (exact) mass is 241 g/mol. The second-order valence-corrected chi connectivity index (χ2v) is 4.69. The average molecular weight is 241 g/mol. The van der Waals surface area contributed by atoms with Crippen LogP contribution >= 0.6 is 0 Å². The fourth-order valence-electron chi connectivity index (χ4n) is 2.23. The lowest BCUT2D eigenvalue weighted by atomic mass is 10.0. The molecule has 0 aliphatic carbocycles. The minimum atomic E-state index is 0.0211. The molecule has 0 aromatic heterocycles. The van der Waals surface area contributed by atoms with Gasteiger partial charge in [-0.2, -0.15) is 0 Å². The van der Waals surface area contributed by atoms with Crippen molar-refractivity contribution in [2.75, 3.05) is 0 Å². The lowest BCUT2D eigenvalue weighted by molar-refractivity contribution is 0.0940. The van der Waals surface area contributed by atoms with Gasteiger partial charge in [-0.25, -0.2) is 0 Å². The zero-order valence-corrected chi connectivity index (χ0v) is 10.9. The van der Waals surface area contributed by atoms with Gasteiger partial charge in [0.15, 0.2) is 0 Å². The maximum Gasteiger partial charge on any atom is 0.252 e. The first-order valence-electron chi connectivity index (χ1n) is 6.51. The van der Waals surface area contributed by atoms with Gasteiger partial charge in [0.1, 0.15) is 0 Å². The SMILES string of the molecule is CCCC(C)NC(=O)c1cccc2ccccc12. The van der Waals surface area contributed by atoms with Crippen LogP contribution in [0.15, 0.2) is 42.5 Å². The van der Waals surface area contributed by atoms with Crippen LogP contribution in [0.5, 0.6) is 0 Å². The highest BCUT2D eigenvalue weighted by Gasteiger charge is 2.11. The molecule has 0 saturated heterocycles. The van der Waals surface area contributed by atoms with E-state index in [1.807, 2.05) is 49.4 Å². The number of hydrogen-bond donors (Lipinski definition) is 1. The van der Waals surface area contributed by atoms with Gasteiger partial charge in [-0.1, -0.05) is 49.7 Å². The van der Waals surface area contributed by atoms with E-state index in [1.54, 1.807) is 0 Å². The third-order valence-corrected chi connectivity index (χ3v) is 3.13. The summed E-state index contributed by atoms with van der Waals surface area (Å²) in [5.41, 5.74) is 0.760. The first-order valence-corrected chi connectivity index (χ1v) is 6.51. The van der Waals surface area contributed by atoms with Crippen LogP contribution in [0.25, 0.3) is 10.8 Å². The Morgan fingerprint density at radius 3 is 2.67 bits per heavy atom. The first kappa shape index (κ1) is 12.6. The number of nitrogens with one attached hydrogen (secondary N) is 1. The van der Waals surface area contributed by atoms with E-state index in [0.717, 1.165) is 29.2 Å². The molecule has 1 N–H and O–H groups in total. The zero-order chi connectivity index (χ0) is 13.0. The third kappa shape index (κ3) is 2.70. The van der Waals surface area contributed by atoms with Crippen molar-refractivity contribution in [3.63, 3.8) is 0 Å². The van der Waals surface area contributed by atoms with Crippen molar-refractivity contribution in [2.24, 2.45) is 0 Å². The van der Waals surface area contributed by atoms with E-state index in [4.69, 9.17) is 0 Å². The van der Waals surface area contributed by atoms with Crippen LogP contribution < -0.4 is 5.32 Å². The molecule has 0 heterocycles. The molecule has 2 aromatic carbocycles. The van der Waals surface area contributed by atoms with Crippen LogP contribution in [0, 0.1) is 0 Å². The third-order valence-electron chi connectivity index (χ3n) is 3.13. The molecule has 1 unspecified atom stereocenters. The molecule has 18 heavy (non-hydrogen) atoms. The second-order valence-electron chi connectivity index (χ2n) is 4.69. The predicted octanol–water partition coefficient (Wildman–Crippen LogP) is 3.76. The molecule has 2 nitrogen and oxygen atoms in total. The van der Waals surface area contributed by atoms with Crippen LogP contribution in [0.4, 0.5) is 0 Å². The number of rotatable bonds is 4. The molecular weight excluding hydrogens is 222 g/mol. The molecule has 2 aromatic rings. The Kier molecular flexibility index (Phi) is 3.98. The number of amides is 1. The normalized spacial score (nSPS) is 12.3. The van der Waals surface area contributed by atoms with Gasteiger partial charge in [0.2, 0.25) is 0 Å². The molecule has 2 heteroatoms. The predicted molar refractivity (Wildman–Crippen MR) is 75.8 cm³/mol. The molecule has 0 aliphatic rings. The largest absolute Gasteiger partial charge is 0.350 e. The van der Waals surface area contributed by atoms with Crippen molar-refractivity contribution in [1.29, 1.82) is 0 Å². The van der Waals surface area contributed by atoms with Crippen LogP contribution in [-0.2, 0) is 0 Å². The summed E-state index contributed by atoms with van der Waals surface area (Å²) in [4.78, 5) is 12.2. The summed E-state index contributed by atoms with van der Waals surface area (Å²) in [5.74, 6) is 0.0211. The highest BCUT2D eigenvalue weighted by molar-refractivity contribution is 6.07. The summed E-state index contributed by atoms with van der Waals surface area (Å²) in [6.45, 7) is 4.17. The summed E-state index contributed by atoms with van der Waals surface area (Å²) < 4.78 is 0. The summed E-state index contributed by atoms with van der Waals surface area (Å²) in [7, 11) is 0. The lowest BCUT2D eigenvalue weighted by Crippen LogP contribution is -2.32. The summed E-state index contributed by atoms with van der Waals surface area (Å²) in [6.07, 6.45) is 2.09. The highest BCUT2D eigenvalue weighted by Crippen LogP contribution is 2.18. The number of fused-ring (bicyclic) bond motifs is 1. The number of carbonyl (C=O) groups excluding carboxylic acids is 1. The van der Waals surface area contributed by atoms with Gasteiger partial charge in [0, 0.05) is 11.6 Å². The van der Waals surface area contributed by atoms with Gasteiger partial charge in [-0.05, 0) is 30.2 Å². The average Bonchev–Trinajstić information content (AvgIpc) is 2.38. The van der Waals surface area contributed by atoms with Gasteiger partial charge in [0.05, 0.1) is 0 Å².